The first-order valence-corrected chi connectivity index (χ1v) is 8.10. The maximum absolute atomic E-state index is 13.6. The van der Waals surface area contributed by atoms with Crippen LogP contribution < -0.4 is 4.72 Å². The highest BCUT2D eigenvalue weighted by Gasteiger charge is 2.18. The molecule has 8 heteroatoms. The average Bonchev–Trinajstić information content (AvgIpc) is 2.74. The molecule has 1 N–H and O–H groups in total. The highest BCUT2D eigenvalue weighted by molar-refractivity contribution is 9.10. The van der Waals surface area contributed by atoms with Crippen molar-refractivity contribution in [3.63, 3.8) is 0 Å². The van der Waals surface area contributed by atoms with Gasteiger partial charge in [-0.15, -0.1) is 0 Å². The molecule has 1 heterocycles. The van der Waals surface area contributed by atoms with Gasteiger partial charge >= 0.3 is 0 Å². The van der Waals surface area contributed by atoms with E-state index in [0.717, 1.165) is 11.6 Å². The van der Waals surface area contributed by atoms with Crippen LogP contribution in [0.1, 0.15) is 5.56 Å². The van der Waals surface area contributed by atoms with Crippen molar-refractivity contribution < 1.29 is 12.8 Å². The van der Waals surface area contributed by atoms with Crippen molar-refractivity contribution in [2.45, 2.75) is 18.4 Å². The van der Waals surface area contributed by atoms with Gasteiger partial charge in [0.1, 0.15) is 10.7 Å². The minimum absolute atomic E-state index is 0.138. The maximum Gasteiger partial charge on any atom is 0.243 e. The Morgan fingerprint density at radius 1 is 1.45 bits per heavy atom. The Labute approximate surface area is 125 Å². The molecule has 20 heavy (non-hydrogen) atoms. The Balaban J connectivity index is 2.04. The van der Waals surface area contributed by atoms with Crippen LogP contribution in [0.4, 0.5) is 4.39 Å². The van der Waals surface area contributed by atoms with Crippen LogP contribution in [0.3, 0.4) is 0 Å². The minimum atomic E-state index is -3.86. The number of aryl methyl sites for hydroxylation is 1. The van der Waals surface area contributed by atoms with E-state index < -0.39 is 15.8 Å². The molecule has 1 aromatic heterocycles. The summed E-state index contributed by atoms with van der Waals surface area (Å²) in [4.78, 5) is -0.364. The smallest absolute Gasteiger partial charge is 0.243 e. The number of nitrogens with one attached hydrogen (secondary N) is 1. The van der Waals surface area contributed by atoms with Crippen LogP contribution in [-0.4, -0.2) is 24.7 Å². The van der Waals surface area contributed by atoms with Crippen molar-refractivity contribution in [3.8, 4) is 0 Å². The van der Waals surface area contributed by atoms with E-state index in [2.05, 4.69) is 25.8 Å². The van der Waals surface area contributed by atoms with Crippen LogP contribution in [0.5, 0.6) is 0 Å². The molecule has 0 bridgehead atoms. The molecule has 1 aromatic carbocycles. The SMILES string of the molecule is Cc1cnn(CCNS(=O)(=O)c2ccc(Br)cc2F)c1. The first-order chi connectivity index (χ1) is 9.38. The number of halogens is 2. The Morgan fingerprint density at radius 3 is 2.80 bits per heavy atom. The summed E-state index contributed by atoms with van der Waals surface area (Å²) >= 11 is 3.08. The van der Waals surface area contributed by atoms with Crippen LogP contribution in [0.25, 0.3) is 0 Å². The molecule has 108 valence electrons. The zero-order chi connectivity index (χ0) is 14.8. The standard InChI is InChI=1S/C12H13BrFN3O2S/c1-9-7-15-17(8-9)5-4-16-20(18,19)12-3-2-10(13)6-11(12)14/h2-3,6-8,16H,4-5H2,1H3. The highest BCUT2D eigenvalue weighted by Crippen LogP contribution is 2.19. The van der Waals surface area contributed by atoms with Crippen molar-refractivity contribution in [2.24, 2.45) is 0 Å². The summed E-state index contributed by atoms with van der Waals surface area (Å²) in [6, 6.07) is 3.82. The van der Waals surface area contributed by atoms with E-state index in [9.17, 15) is 12.8 Å². The van der Waals surface area contributed by atoms with Gasteiger partial charge in [0.15, 0.2) is 0 Å². The van der Waals surface area contributed by atoms with Crippen molar-refractivity contribution >= 4 is 26.0 Å². The van der Waals surface area contributed by atoms with Crippen LogP contribution in [0.2, 0.25) is 0 Å². The topological polar surface area (TPSA) is 64.0 Å². The van der Waals surface area contributed by atoms with Gasteiger partial charge in [0.25, 0.3) is 0 Å². The molecule has 2 rings (SSSR count). The normalized spacial score (nSPS) is 11.8. The molecule has 0 saturated carbocycles. The van der Waals surface area contributed by atoms with Gasteiger partial charge in [-0.1, -0.05) is 15.9 Å². The molecule has 0 aliphatic rings. The van der Waals surface area contributed by atoms with E-state index in [1.165, 1.54) is 12.1 Å². The fourth-order valence-corrected chi connectivity index (χ4v) is 3.07. The lowest BCUT2D eigenvalue weighted by Gasteiger charge is -2.08. The lowest BCUT2D eigenvalue weighted by molar-refractivity contribution is 0.545. The Morgan fingerprint density at radius 2 is 2.20 bits per heavy atom. The van der Waals surface area contributed by atoms with Crippen molar-refractivity contribution in [1.82, 2.24) is 14.5 Å². The van der Waals surface area contributed by atoms with Gasteiger partial charge in [-0.25, -0.2) is 17.5 Å². The third-order valence-corrected chi connectivity index (χ3v) is 4.57. The van der Waals surface area contributed by atoms with Crippen LogP contribution in [0, 0.1) is 12.7 Å². The van der Waals surface area contributed by atoms with E-state index in [-0.39, 0.29) is 11.4 Å². The molecule has 0 aliphatic heterocycles. The fraction of sp³-hybridized carbons (Fsp3) is 0.250. The van der Waals surface area contributed by atoms with Gasteiger partial charge in [0.2, 0.25) is 10.0 Å². The first kappa shape index (κ1) is 15.1. The number of aromatic nitrogens is 2. The molecular formula is C12H13BrFN3O2S. The molecular weight excluding hydrogens is 349 g/mol. The number of nitrogens with zero attached hydrogens (tertiary/aromatic N) is 2. The number of benzene rings is 1. The zero-order valence-corrected chi connectivity index (χ0v) is 13.1. The molecule has 0 saturated heterocycles. The quantitative estimate of drug-likeness (QED) is 0.886. The predicted molar refractivity (Wildman–Crippen MR) is 76.3 cm³/mol. The highest BCUT2D eigenvalue weighted by atomic mass is 79.9. The van der Waals surface area contributed by atoms with E-state index in [1.54, 1.807) is 17.1 Å². The van der Waals surface area contributed by atoms with Crippen molar-refractivity contribution in [1.29, 1.82) is 0 Å². The van der Waals surface area contributed by atoms with E-state index in [4.69, 9.17) is 0 Å². The summed E-state index contributed by atoms with van der Waals surface area (Å²) in [6.07, 6.45) is 3.48. The summed E-state index contributed by atoms with van der Waals surface area (Å²) in [5, 5.41) is 4.04. The minimum Gasteiger partial charge on any atom is -0.271 e. The molecule has 5 nitrogen and oxygen atoms in total. The number of sulfonamides is 1. The van der Waals surface area contributed by atoms with Gasteiger partial charge in [-0.05, 0) is 30.7 Å². The Bertz CT molecular complexity index is 715. The lowest BCUT2D eigenvalue weighted by atomic mass is 10.3. The second kappa shape index (κ2) is 6.02. The van der Waals surface area contributed by atoms with Gasteiger partial charge in [0, 0.05) is 17.2 Å². The second-order valence-electron chi connectivity index (χ2n) is 4.25. The molecule has 2 aromatic rings. The van der Waals surface area contributed by atoms with Crippen LogP contribution in [0.15, 0.2) is 40.0 Å². The molecule has 0 spiro atoms. The third kappa shape index (κ3) is 3.65. The van der Waals surface area contributed by atoms with Gasteiger partial charge in [0.05, 0.1) is 12.7 Å². The summed E-state index contributed by atoms with van der Waals surface area (Å²) in [7, 11) is -3.86. The molecule has 0 unspecified atom stereocenters. The van der Waals surface area contributed by atoms with E-state index in [1.807, 2.05) is 6.92 Å². The van der Waals surface area contributed by atoms with E-state index in [0.29, 0.717) is 11.0 Å². The monoisotopic (exact) mass is 361 g/mol. The molecule has 0 fully saturated rings. The second-order valence-corrected chi connectivity index (χ2v) is 6.90. The molecule has 0 atom stereocenters. The molecule has 0 radical (unpaired) electrons. The van der Waals surface area contributed by atoms with Crippen molar-refractivity contribution in [2.75, 3.05) is 6.54 Å². The maximum atomic E-state index is 13.6. The zero-order valence-electron chi connectivity index (χ0n) is 10.7. The Kier molecular flexibility index (Phi) is 4.56. The van der Waals surface area contributed by atoms with Gasteiger partial charge in [-0.3, -0.25) is 4.68 Å². The van der Waals surface area contributed by atoms with Crippen LogP contribution >= 0.6 is 15.9 Å². The van der Waals surface area contributed by atoms with E-state index >= 15 is 0 Å². The lowest BCUT2D eigenvalue weighted by Crippen LogP contribution is -2.28. The van der Waals surface area contributed by atoms with Crippen molar-refractivity contribution in [3.05, 3.63) is 46.4 Å². The summed E-state index contributed by atoms with van der Waals surface area (Å²) in [6.45, 7) is 2.41. The number of rotatable bonds is 5. The Hall–Kier alpha value is -1.25. The van der Waals surface area contributed by atoms with Gasteiger partial charge in [-0.2, -0.15) is 5.10 Å². The number of hydrogen-bond acceptors (Lipinski definition) is 3. The first-order valence-electron chi connectivity index (χ1n) is 5.82. The third-order valence-electron chi connectivity index (χ3n) is 2.58. The fourth-order valence-electron chi connectivity index (χ4n) is 1.65. The van der Waals surface area contributed by atoms with Crippen LogP contribution in [-0.2, 0) is 16.6 Å². The molecule has 0 aliphatic carbocycles. The van der Waals surface area contributed by atoms with Gasteiger partial charge < -0.3 is 0 Å². The largest absolute Gasteiger partial charge is 0.271 e. The summed E-state index contributed by atoms with van der Waals surface area (Å²) in [5.74, 6) is -0.790. The molecule has 0 amide bonds. The average molecular weight is 362 g/mol. The predicted octanol–water partition coefficient (Wildman–Crippen LogP) is 2.07. The summed E-state index contributed by atoms with van der Waals surface area (Å²) in [5.41, 5.74) is 0.992. The number of hydrogen-bond donors (Lipinski definition) is 1. The summed E-state index contributed by atoms with van der Waals surface area (Å²) < 4.78 is 42.0.